The van der Waals surface area contributed by atoms with Crippen molar-refractivity contribution in [2.45, 2.75) is 52.2 Å². The van der Waals surface area contributed by atoms with Crippen molar-refractivity contribution in [2.75, 3.05) is 0 Å². The van der Waals surface area contributed by atoms with Gasteiger partial charge in [0.2, 0.25) is 0 Å². The van der Waals surface area contributed by atoms with Crippen molar-refractivity contribution in [3.8, 4) is 0 Å². The van der Waals surface area contributed by atoms with E-state index in [2.05, 4.69) is 0 Å². The van der Waals surface area contributed by atoms with Crippen LogP contribution < -0.4 is 0 Å². The summed E-state index contributed by atoms with van der Waals surface area (Å²) in [5.41, 5.74) is 1.08. The van der Waals surface area contributed by atoms with Gasteiger partial charge < -0.3 is 4.90 Å². The van der Waals surface area contributed by atoms with E-state index in [1.54, 1.807) is 4.90 Å². The number of hydrogen-bond acceptors (Lipinski definition) is 2. The van der Waals surface area contributed by atoms with E-state index in [0.29, 0.717) is 6.42 Å². The highest BCUT2D eigenvalue weighted by atomic mass is 16.2. The number of nitrogens with zero attached hydrogens (tertiary/aromatic N) is 2. The van der Waals surface area contributed by atoms with Gasteiger partial charge in [0.15, 0.2) is 0 Å². The van der Waals surface area contributed by atoms with Crippen LogP contribution >= 0.6 is 0 Å². The van der Waals surface area contributed by atoms with Gasteiger partial charge in [-0.2, -0.15) is 0 Å². The molecule has 0 saturated carbocycles. The molecule has 0 N–H and O–H groups in total. The number of benzene rings is 1. The van der Waals surface area contributed by atoms with E-state index < -0.39 is 0 Å². The number of imide groups is 1. The molecule has 1 saturated heterocycles. The summed E-state index contributed by atoms with van der Waals surface area (Å²) in [5, 5.41) is 0. The van der Waals surface area contributed by atoms with Crippen LogP contribution in [0.2, 0.25) is 0 Å². The van der Waals surface area contributed by atoms with Crippen LogP contribution in [-0.4, -0.2) is 39.9 Å². The molecule has 0 aromatic heterocycles. The lowest BCUT2D eigenvalue weighted by molar-refractivity contribution is -0.129. The van der Waals surface area contributed by atoms with Gasteiger partial charge in [-0.25, -0.2) is 4.79 Å². The van der Waals surface area contributed by atoms with Crippen molar-refractivity contribution in [1.82, 2.24) is 9.80 Å². The fourth-order valence-electron chi connectivity index (χ4n) is 2.71. The van der Waals surface area contributed by atoms with Crippen LogP contribution in [0, 0.1) is 0 Å². The molecule has 0 aliphatic carbocycles. The molecule has 1 aromatic rings. The van der Waals surface area contributed by atoms with E-state index in [0.717, 1.165) is 5.56 Å². The molecule has 108 valence electrons. The van der Waals surface area contributed by atoms with Crippen molar-refractivity contribution in [1.29, 1.82) is 0 Å². The van der Waals surface area contributed by atoms with Crippen molar-refractivity contribution in [3.63, 3.8) is 0 Å². The molecule has 1 heterocycles. The van der Waals surface area contributed by atoms with Crippen LogP contribution in [0.25, 0.3) is 0 Å². The largest absolute Gasteiger partial charge is 0.327 e. The molecule has 20 heavy (non-hydrogen) atoms. The number of urea groups is 1. The normalized spacial score (nSPS) is 19.6. The highest BCUT2D eigenvalue weighted by Crippen LogP contribution is 2.25. The molecule has 1 aliphatic rings. The zero-order valence-corrected chi connectivity index (χ0v) is 12.5. The summed E-state index contributed by atoms with van der Waals surface area (Å²) < 4.78 is 0. The molecule has 0 spiro atoms. The first-order valence-electron chi connectivity index (χ1n) is 7.12. The van der Waals surface area contributed by atoms with Crippen molar-refractivity contribution >= 4 is 11.9 Å². The molecule has 1 aromatic carbocycles. The molecule has 0 bridgehead atoms. The third-order valence-corrected chi connectivity index (χ3v) is 3.63. The van der Waals surface area contributed by atoms with Crippen LogP contribution in [0.3, 0.4) is 0 Å². The van der Waals surface area contributed by atoms with Crippen LogP contribution in [0.15, 0.2) is 30.3 Å². The SMILES string of the molecule is CC(C)N1C(=O)C(Cc2ccccc2)N(C(C)C)C1=O. The highest BCUT2D eigenvalue weighted by molar-refractivity contribution is 6.04. The first kappa shape index (κ1) is 14.6. The molecule has 2 rings (SSSR count). The maximum Gasteiger partial charge on any atom is 0.327 e. The molecule has 0 radical (unpaired) electrons. The zero-order valence-electron chi connectivity index (χ0n) is 12.5. The Morgan fingerprint density at radius 3 is 2.10 bits per heavy atom. The van der Waals surface area contributed by atoms with Gasteiger partial charge in [-0.3, -0.25) is 9.69 Å². The van der Waals surface area contributed by atoms with E-state index in [1.165, 1.54) is 4.90 Å². The zero-order chi connectivity index (χ0) is 14.9. The van der Waals surface area contributed by atoms with Crippen LogP contribution in [0.4, 0.5) is 4.79 Å². The van der Waals surface area contributed by atoms with Gasteiger partial charge in [0.1, 0.15) is 6.04 Å². The molecule has 1 atom stereocenters. The molecular weight excluding hydrogens is 252 g/mol. The third kappa shape index (κ3) is 2.55. The average molecular weight is 274 g/mol. The van der Waals surface area contributed by atoms with E-state index in [-0.39, 0.29) is 30.1 Å². The predicted octanol–water partition coefficient (Wildman–Crippen LogP) is 2.68. The quantitative estimate of drug-likeness (QED) is 0.792. The van der Waals surface area contributed by atoms with Gasteiger partial charge in [0, 0.05) is 18.5 Å². The minimum Gasteiger partial charge on any atom is -0.309 e. The summed E-state index contributed by atoms with van der Waals surface area (Å²) in [6.07, 6.45) is 0.576. The second-order valence-corrected chi connectivity index (χ2v) is 5.79. The maximum atomic E-state index is 12.5. The summed E-state index contributed by atoms with van der Waals surface area (Å²) in [6.45, 7) is 7.65. The molecule has 1 aliphatic heterocycles. The molecule has 3 amide bonds. The Kier molecular flexibility index (Phi) is 4.12. The molecule has 1 fully saturated rings. The van der Waals surface area contributed by atoms with Gasteiger partial charge in [-0.05, 0) is 33.3 Å². The number of carbonyl (C=O) groups is 2. The maximum absolute atomic E-state index is 12.5. The number of hydrogen-bond donors (Lipinski definition) is 0. The number of amides is 3. The lowest BCUT2D eigenvalue weighted by Gasteiger charge is -2.26. The lowest BCUT2D eigenvalue weighted by atomic mass is 10.0. The van der Waals surface area contributed by atoms with Crippen LogP contribution in [0.5, 0.6) is 0 Å². The molecule has 1 unspecified atom stereocenters. The highest BCUT2D eigenvalue weighted by Gasteiger charge is 2.46. The summed E-state index contributed by atoms with van der Waals surface area (Å²) in [5.74, 6) is -0.0810. The lowest BCUT2D eigenvalue weighted by Crippen LogP contribution is -2.42. The fourth-order valence-corrected chi connectivity index (χ4v) is 2.71. The topological polar surface area (TPSA) is 40.6 Å². The van der Waals surface area contributed by atoms with Crippen molar-refractivity contribution in [3.05, 3.63) is 35.9 Å². The Labute approximate surface area is 120 Å². The monoisotopic (exact) mass is 274 g/mol. The predicted molar refractivity (Wildman–Crippen MR) is 78.3 cm³/mol. The number of rotatable bonds is 4. The van der Waals surface area contributed by atoms with E-state index in [9.17, 15) is 9.59 Å². The Balaban J connectivity index is 2.29. The molecule has 4 nitrogen and oxygen atoms in total. The second-order valence-electron chi connectivity index (χ2n) is 5.79. The van der Waals surface area contributed by atoms with Crippen molar-refractivity contribution in [2.24, 2.45) is 0 Å². The van der Waals surface area contributed by atoms with Gasteiger partial charge in [-0.1, -0.05) is 30.3 Å². The molecule has 4 heteroatoms. The first-order chi connectivity index (χ1) is 9.43. The Morgan fingerprint density at radius 1 is 1.00 bits per heavy atom. The van der Waals surface area contributed by atoms with Gasteiger partial charge in [0.05, 0.1) is 0 Å². The standard InChI is InChI=1S/C16H22N2O2/c1-11(2)17-14(10-13-8-6-5-7-9-13)15(19)18(12(3)4)16(17)20/h5-9,11-12,14H,10H2,1-4H3. The summed E-state index contributed by atoms with van der Waals surface area (Å²) >= 11 is 0. The van der Waals surface area contributed by atoms with Gasteiger partial charge in [-0.15, -0.1) is 0 Å². The van der Waals surface area contributed by atoms with Crippen LogP contribution in [0.1, 0.15) is 33.3 Å². The minimum absolute atomic E-state index is 0.0175. The Hall–Kier alpha value is -1.84. The van der Waals surface area contributed by atoms with E-state index in [4.69, 9.17) is 0 Å². The third-order valence-electron chi connectivity index (χ3n) is 3.63. The van der Waals surface area contributed by atoms with Gasteiger partial charge in [0.25, 0.3) is 5.91 Å². The minimum atomic E-state index is -0.382. The summed E-state index contributed by atoms with van der Waals surface area (Å²) in [4.78, 5) is 28.1. The Morgan fingerprint density at radius 2 is 1.60 bits per heavy atom. The summed E-state index contributed by atoms with van der Waals surface area (Å²) in [6, 6.07) is 9.22. The van der Waals surface area contributed by atoms with E-state index in [1.807, 2.05) is 58.0 Å². The number of carbonyl (C=O) groups excluding carboxylic acids is 2. The first-order valence-corrected chi connectivity index (χ1v) is 7.12. The van der Waals surface area contributed by atoms with E-state index >= 15 is 0 Å². The fraction of sp³-hybridized carbons (Fsp3) is 0.500. The van der Waals surface area contributed by atoms with Gasteiger partial charge >= 0.3 is 6.03 Å². The van der Waals surface area contributed by atoms with Crippen LogP contribution in [-0.2, 0) is 11.2 Å². The average Bonchev–Trinajstić information content (AvgIpc) is 2.62. The van der Waals surface area contributed by atoms with Crippen molar-refractivity contribution < 1.29 is 9.59 Å². The smallest absolute Gasteiger partial charge is 0.309 e. The second kappa shape index (κ2) is 5.65. The Bertz CT molecular complexity index is 496. The molecular formula is C16H22N2O2. The summed E-state index contributed by atoms with van der Waals surface area (Å²) in [7, 11) is 0.